The van der Waals surface area contributed by atoms with Crippen LogP contribution >= 0.6 is 0 Å². The minimum atomic E-state index is -4.42. The number of hydrogen-bond donors (Lipinski definition) is 1. The molecule has 166 valence electrons. The number of halogens is 3. The fraction of sp³-hybridized carbons (Fsp3) is 0.227. The van der Waals surface area contributed by atoms with Crippen LogP contribution in [0.2, 0.25) is 0 Å². The summed E-state index contributed by atoms with van der Waals surface area (Å²) in [6.45, 7) is 1.86. The van der Waals surface area contributed by atoms with E-state index in [0.717, 1.165) is 17.7 Å². The summed E-state index contributed by atoms with van der Waals surface area (Å²) in [6.07, 6.45) is -4.42. The molecule has 0 saturated heterocycles. The monoisotopic (exact) mass is 445 g/mol. The number of hydrogen-bond acceptors (Lipinski definition) is 6. The van der Waals surface area contributed by atoms with Gasteiger partial charge < -0.3 is 19.5 Å². The van der Waals surface area contributed by atoms with Gasteiger partial charge in [-0.05, 0) is 36.8 Å². The van der Waals surface area contributed by atoms with Crippen LogP contribution in [-0.4, -0.2) is 29.3 Å². The molecule has 1 aromatic heterocycles. The summed E-state index contributed by atoms with van der Waals surface area (Å²) < 4.78 is 54.3. The first-order chi connectivity index (χ1) is 15.3. The zero-order chi connectivity index (χ0) is 22.7. The number of fused-ring (bicyclic) bond motifs is 1. The lowest BCUT2D eigenvalue weighted by Crippen LogP contribution is -2.28. The summed E-state index contributed by atoms with van der Waals surface area (Å²) in [7, 11) is 0. The number of nitrogens with one attached hydrogen (secondary N) is 1. The number of carbonyl (C=O) groups is 1. The molecule has 1 aliphatic heterocycles. The minimum Gasteiger partial charge on any atom is -0.467 e. The van der Waals surface area contributed by atoms with Crippen molar-refractivity contribution in [2.75, 3.05) is 13.4 Å². The number of amides is 1. The number of benzene rings is 2. The molecule has 2 aromatic carbocycles. The molecule has 7 nitrogen and oxygen atoms in total. The first kappa shape index (κ1) is 21.4. The van der Waals surface area contributed by atoms with Crippen molar-refractivity contribution in [3.05, 3.63) is 65.4 Å². The van der Waals surface area contributed by atoms with Crippen LogP contribution in [0.1, 0.15) is 16.8 Å². The third-order valence-corrected chi connectivity index (χ3v) is 4.58. The average molecular weight is 445 g/mol. The third kappa shape index (κ3) is 5.08. The molecule has 1 N–H and O–H groups in total. The van der Waals surface area contributed by atoms with E-state index in [1.165, 1.54) is 12.1 Å². The van der Waals surface area contributed by atoms with Crippen LogP contribution in [-0.2, 0) is 17.5 Å². The molecule has 10 heteroatoms. The number of nitrogens with zero attached hydrogens (tertiary/aromatic N) is 2. The third-order valence-electron chi connectivity index (χ3n) is 4.58. The topological polar surface area (TPSA) is 82.6 Å². The van der Waals surface area contributed by atoms with Crippen LogP contribution in [0.15, 0.2) is 48.5 Å². The van der Waals surface area contributed by atoms with E-state index in [1.54, 1.807) is 25.1 Å². The van der Waals surface area contributed by atoms with E-state index in [4.69, 9.17) is 14.2 Å². The van der Waals surface area contributed by atoms with Crippen LogP contribution in [0.5, 0.6) is 17.4 Å². The number of rotatable bonds is 6. The second-order valence-electron chi connectivity index (χ2n) is 7.00. The molecule has 3 aromatic rings. The molecular formula is C22H18F3N3O4. The number of aryl methyl sites for hydroxylation is 1. The van der Waals surface area contributed by atoms with Gasteiger partial charge in [0, 0.05) is 23.9 Å². The number of carbonyl (C=O) groups excluding carboxylic acids is 1. The number of ether oxygens (including phenoxy) is 3. The maximum absolute atomic E-state index is 12.8. The van der Waals surface area contributed by atoms with Gasteiger partial charge in [0.2, 0.25) is 12.7 Å². The Bertz CT molecular complexity index is 1130. The molecular weight excluding hydrogens is 427 g/mol. The van der Waals surface area contributed by atoms with Crippen molar-refractivity contribution in [1.82, 2.24) is 15.3 Å². The van der Waals surface area contributed by atoms with Crippen LogP contribution in [0.3, 0.4) is 0 Å². The maximum Gasteiger partial charge on any atom is 0.416 e. The zero-order valence-corrected chi connectivity index (χ0v) is 16.9. The number of alkyl halides is 3. The summed E-state index contributed by atoms with van der Waals surface area (Å²) in [5.41, 5.74) is 1.03. The highest BCUT2D eigenvalue weighted by molar-refractivity contribution is 5.77. The van der Waals surface area contributed by atoms with Crippen molar-refractivity contribution in [2.45, 2.75) is 19.6 Å². The Morgan fingerprint density at radius 1 is 1.06 bits per heavy atom. The first-order valence-corrected chi connectivity index (χ1v) is 9.59. The van der Waals surface area contributed by atoms with Crippen molar-refractivity contribution in [3.63, 3.8) is 0 Å². The molecule has 0 atom stereocenters. The highest BCUT2D eigenvalue weighted by Gasteiger charge is 2.30. The van der Waals surface area contributed by atoms with Crippen molar-refractivity contribution < 1.29 is 32.2 Å². The Balaban J connectivity index is 1.36. The van der Waals surface area contributed by atoms with Gasteiger partial charge >= 0.3 is 6.18 Å². The predicted molar refractivity (Wildman–Crippen MR) is 107 cm³/mol. The number of aromatic nitrogens is 2. The quantitative estimate of drug-likeness (QED) is 0.620. The Hall–Kier alpha value is -3.82. The van der Waals surface area contributed by atoms with Gasteiger partial charge in [0.1, 0.15) is 0 Å². The second kappa shape index (κ2) is 8.74. The normalized spacial score (nSPS) is 12.5. The summed E-state index contributed by atoms with van der Waals surface area (Å²) >= 11 is 0. The molecule has 0 fully saturated rings. The first-order valence-electron chi connectivity index (χ1n) is 9.59. The lowest BCUT2D eigenvalue weighted by atomic mass is 10.1. The van der Waals surface area contributed by atoms with E-state index in [1.807, 2.05) is 6.07 Å². The van der Waals surface area contributed by atoms with Crippen molar-refractivity contribution in [3.8, 4) is 28.8 Å². The maximum atomic E-state index is 12.8. The highest BCUT2D eigenvalue weighted by atomic mass is 19.4. The van der Waals surface area contributed by atoms with E-state index >= 15 is 0 Å². The molecule has 0 unspecified atom stereocenters. The van der Waals surface area contributed by atoms with Crippen LogP contribution in [0.4, 0.5) is 13.2 Å². The fourth-order valence-electron chi connectivity index (χ4n) is 2.99. The Labute approximate surface area is 181 Å². The second-order valence-corrected chi connectivity index (χ2v) is 7.00. The molecule has 0 bridgehead atoms. The Morgan fingerprint density at radius 3 is 2.56 bits per heavy atom. The van der Waals surface area contributed by atoms with Gasteiger partial charge in [-0.15, -0.1) is 0 Å². The molecule has 2 heterocycles. The van der Waals surface area contributed by atoms with Gasteiger partial charge in [0.15, 0.2) is 23.9 Å². The SMILES string of the molecule is Cc1cc(OCC(=O)NCc2ccc3c(c2)OCO3)nc(-c2ccc(C(F)(F)F)cc2)n1. The van der Waals surface area contributed by atoms with Gasteiger partial charge in [-0.25, -0.2) is 4.98 Å². The van der Waals surface area contributed by atoms with E-state index in [2.05, 4.69) is 15.3 Å². The summed E-state index contributed by atoms with van der Waals surface area (Å²) in [5.74, 6) is 1.27. The van der Waals surface area contributed by atoms with Crippen molar-refractivity contribution >= 4 is 5.91 Å². The van der Waals surface area contributed by atoms with E-state index in [0.29, 0.717) is 22.8 Å². The van der Waals surface area contributed by atoms with Gasteiger partial charge in [-0.2, -0.15) is 18.2 Å². The smallest absolute Gasteiger partial charge is 0.416 e. The fourth-order valence-corrected chi connectivity index (χ4v) is 2.99. The summed E-state index contributed by atoms with van der Waals surface area (Å²) in [6, 6.07) is 11.4. The summed E-state index contributed by atoms with van der Waals surface area (Å²) in [4.78, 5) is 20.6. The lowest BCUT2D eigenvalue weighted by molar-refractivity contribution is -0.137. The average Bonchev–Trinajstić information content (AvgIpc) is 3.23. The van der Waals surface area contributed by atoms with Gasteiger partial charge in [-0.1, -0.05) is 18.2 Å². The Kier molecular flexibility index (Phi) is 5.85. The molecule has 4 rings (SSSR count). The van der Waals surface area contributed by atoms with Crippen LogP contribution in [0, 0.1) is 6.92 Å². The minimum absolute atomic E-state index is 0.144. The van der Waals surface area contributed by atoms with Gasteiger partial charge in [-0.3, -0.25) is 4.79 Å². The van der Waals surface area contributed by atoms with E-state index in [-0.39, 0.29) is 37.6 Å². The molecule has 0 aliphatic carbocycles. The standard InChI is InChI=1S/C22H18F3N3O4/c1-13-8-20(28-21(27-13)15-3-5-16(6-4-15)22(23,24)25)30-11-19(29)26-10-14-2-7-17-18(9-14)32-12-31-17/h2-9H,10-12H2,1H3,(H,26,29). The van der Waals surface area contributed by atoms with Gasteiger partial charge in [0.25, 0.3) is 5.91 Å². The predicted octanol–water partition coefficient (Wildman–Crippen LogP) is 3.89. The zero-order valence-electron chi connectivity index (χ0n) is 16.9. The molecule has 0 radical (unpaired) electrons. The molecule has 32 heavy (non-hydrogen) atoms. The van der Waals surface area contributed by atoms with E-state index < -0.39 is 11.7 Å². The van der Waals surface area contributed by atoms with Gasteiger partial charge in [0.05, 0.1) is 5.56 Å². The molecule has 1 amide bonds. The molecule has 0 spiro atoms. The summed E-state index contributed by atoms with van der Waals surface area (Å²) in [5, 5.41) is 2.73. The van der Waals surface area contributed by atoms with Crippen molar-refractivity contribution in [2.24, 2.45) is 0 Å². The molecule has 0 saturated carbocycles. The Morgan fingerprint density at radius 2 is 1.81 bits per heavy atom. The van der Waals surface area contributed by atoms with Crippen LogP contribution < -0.4 is 19.5 Å². The van der Waals surface area contributed by atoms with Crippen LogP contribution in [0.25, 0.3) is 11.4 Å². The lowest BCUT2D eigenvalue weighted by Gasteiger charge is -2.10. The van der Waals surface area contributed by atoms with Crippen molar-refractivity contribution in [1.29, 1.82) is 0 Å². The van der Waals surface area contributed by atoms with E-state index in [9.17, 15) is 18.0 Å². The largest absolute Gasteiger partial charge is 0.467 e. The molecule has 1 aliphatic rings. The highest BCUT2D eigenvalue weighted by Crippen LogP contribution is 2.32.